The molecule has 3 aromatic rings. The highest BCUT2D eigenvalue weighted by Crippen LogP contribution is 2.26. The Labute approximate surface area is 143 Å². The molecule has 0 N–H and O–H groups in total. The van der Waals surface area contributed by atoms with Gasteiger partial charge in [-0.25, -0.2) is 14.8 Å². The fourth-order valence-corrected chi connectivity index (χ4v) is 2.76. The Kier molecular flexibility index (Phi) is 4.81. The lowest BCUT2D eigenvalue weighted by Gasteiger charge is -2.02. The molecule has 0 aliphatic carbocycles. The Balaban J connectivity index is 1.63. The normalized spacial score (nSPS) is 10.4. The number of carbonyl (C=O) groups is 1. The van der Waals surface area contributed by atoms with Crippen LogP contribution in [0.15, 0.2) is 42.0 Å². The monoisotopic (exact) mass is 341 g/mol. The average molecular weight is 341 g/mol. The summed E-state index contributed by atoms with van der Waals surface area (Å²) < 4.78 is 10.4. The maximum Gasteiger partial charge on any atom is 0.358 e. The highest BCUT2D eigenvalue weighted by atomic mass is 32.1. The number of hydrogen-bond acceptors (Lipinski definition) is 7. The molecular formula is C17H15N3O3S. The fourth-order valence-electron chi connectivity index (χ4n) is 1.95. The second kappa shape index (κ2) is 7.18. The molecule has 0 spiro atoms. The van der Waals surface area contributed by atoms with E-state index in [1.165, 1.54) is 23.7 Å². The zero-order chi connectivity index (χ0) is 16.9. The third kappa shape index (κ3) is 3.75. The van der Waals surface area contributed by atoms with Crippen molar-refractivity contribution < 1.29 is 14.3 Å². The van der Waals surface area contributed by atoms with Crippen LogP contribution in [0.4, 0.5) is 0 Å². The van der Waals surface area contributed by atoms with Gasteiger partial charge < -0.3 is 9.47 Å². The number of thiazole rings is 1. The van der Waals surface area contributed by atoms with Crippen molar-refractivity contribution in [2.75, 3.05) is 7.11 Å². The maximum absolute atomic E-state index is 11.9. The van der Waals surface area contributed by atoms with Crippen LogP contribution in [0.2, 0.25) is 0 Å². The van der Waals surface area contributed by atoms with E-state index in [2.05, 4.69) is 15.0 Å². The molecule has 6 nitrogen and oxygen atoms in total. The molecule has 0 saturated carbocycles. The van der Waals surface area contributed by atoms with E-state index in [-0.39, 0.29) is 12.3 Å². The van der Waals surface area contributed by atoms with Crippen molar-refractivity contribution in [3.63, 3.8) is 0 Å². The van der Waals surface area contributed by atoms with Gasteiger partial charge in [0.1, 0.15) is 17.4 Å². The quantitative estimate of drug-likeness (QED) is 0.663. The number of nitrogens with zero attached hydrogens (tertiary/aromatic N) is 3. The van der Waals surface area contributed by atoms with Crippen LogP contribution in [0.1, 0.15) is 21.9 Å². The molecule has 0 fully saturated rings. The van der Waals surface area contributed by atoms with E-state index in [0.717, 1.165) is 22.0 Å². The molecule has 2 aromatic heterocycles. The predicted octanol–water partition coefficient (Wildman–Crippen LogP) is 3.27. The third-order valence-electron chi connectivity index (χ3n) is 3.23. The number of aryl methyl sites for hydroxylation is 1. The van der Waals surface area contributed by atoms with Crippen molar-refractivity contribution in [3.8, 4) is 16.3 Å². The van der Waals surface area contributed by atoms with Crippen molar-refractivity contribution in [2.24, 2.45) is 0 Å². The Morgan fingerprint density at radius 3 is 2.62 bits per heavy atom. The molecule has 0 atom stereocenters. The fraction of sp³-hybridized carbons (Fsp3) is 0.176. The van der Waals surface area contributed by atoms with Crippen LogP contribution < -0.4 is 4.74 Å². The van der Waals surface area contributed by atoms with Gasteiger partial charge in [0.25, 0.3) is 0 Å². The maximum atomic E-state index is 11.9. The predicted molar refractivity (Wildman–Crippen MR) is 90.0 cm³/mol. The summed E-state index contributed by atoms with van der Waals surface area (Å²) in [5, 5.41) is 2.73. The van der Waals surface area contributed by atoms with Gasteiger partial charge in [-0.1, -0.05) is 0 Å². The number of ether oxygens (including phenoxy) is 2. The molecule has 3 rings (SSSR count). The van der Waals surface area contributed by atoms with Crippen LogP contribution in [0.25, 0.3) is 10.6 Å². The molecule has 0 aliphatic rings. The first-order chi connectivity index (χ1) is 11.7. The van der Waals surface area contributed by atoms with Crippen LogP contribution >= 0.6 is 11.3 Å². The van der Waals surface area contributed by atoms with Gasteiger partial charge in [0.2, 0.25) is 0 Å². The number of benzene rings is 1. The molecule has 1 aromatic carbocycles. The SMILES string of the molecule is COc1ccc(-c2nc(COC(=O)c3cnc(C)cn3)cs2)cc1. The minimum absolute atomic E-state index is 0.0983. The number of carbonyl (C=O) groups excluding carboxylic acids is 1. The minimum Gasteiger partial charge on any atom is -0.497 e. The molecule has 122 valence electrons. The van der Waals surface area contributed by atoms with E-state index in [1.807, 2.05) is 29.6 Å². The molecule has 0 unspecified atom stereocenters. The summed E-state index contributed by atoms with van der Waals surface area (Å²) in [6, 6.07) is 7.64. The standard InChI is InChI=1S/C17H15N3O3S/c1-11-7-19-15(8-18-11)17(21)23-9-13-10-24-16(20-13)12-3-5-14(22-2)6-4-12/h3-8,10H,9H2,1-2H3. The zero-order valence-electron chi connectivity index (χ0n) is 13.2. The van der Waals surface area contributed by atoms with Gasteiger partial charge in [0.15, 0.2) is 5.69 Å². The lowest BCUT2D eigenvalue weighted by molar-refractivity contribution is 0.0461. The molecule has 0 bridgehead atoms. The van der Waals surface area contributed by atoms with Crippen molar-refractivity contribution in [3.05, 3.63) is 59.1 Å². The minimum atomic E-state index is -0.513. The molecule has 0 amide bonds. The Morgan fingerprint density at radius 1 is 1.17 bits per heavy atom. The summed E-state index contributed by atoms with van der Waals surface area (Å²) in [5.74, 6) is 0.283. The summed E-state index contributed by atoms with van der Waals surface area (Å²) in [5.41, 5.74) is 2.61. The van der Waals surface area contributed by atoms with Crippen molar-refractivity contribution in [1.29, 1.82) is 0 Å². The van der Waals surface area contributed by atoms with Gasteiger partial charge in [-0.15, -0.1) is 11.3 Å². The second-order valence-electron chi connectivity index (χ2n) is 4.99. The van der Waals surface area contributed by atoms with Gasteiger partial charge in [-0.2, -0.15) is 0 Å². The highest BCUT2D eigenvalue weighted by Gasteiger charge is 2.11. The van der Waals surface area contributed by atoms with Crippen LogP contribution in [0.3, 0.4) is 0 Å². The smallest absolute Gasteiger partial charge is 0.358 e. The number of rotatable bonds is 5. The largest absolute Gasteiger partial charge is 0.497 e. The van der Waals surface area contributed by atoms with Crippen LogP contribution in [-0.4, -0.2) is 28.0 Å². The van der Waals surface area contributed by atoms with E-state index in [9.17, 15) is 4.79 Å². The lowest BCUT2D eigenvalue weighted by Crippen LogP contribution is -2.08. The molecule has 24 heavy (non-hydrogen) atoms. The van der Waals surface area contributed by atoms with Gasteiger partial charge >= 0.3 is 5.97 Å². The molecular weight excluding hydrogens is 326 g/mol. The summed E-state index contributed by atoms with van der Waals surface area (Å²) in [7, 11) is 1.63. The van der Waals surface area contributed by atoms with Crippen LogP contribution in [0, 0.1) is 6.92 Å². The Morgan fingerprint density at radius 2 is 1.96 bits per heavy atom. The first-order valence-corrected chi connectivity index (χ1v) is 8.08. The number of methoxy groups -OCH3 is 1. The van der Waals surface area contributed by atoms with Crippen LogP contribution in [-0.2, 0) is 11.3 Å². The second-order valence-corrected chi connectivity index (χ2v) is 5.85. The molecule has 0 radical (unpaired) electrons. The zero-order valence-corrected chi connectivity index (χ0v) is 14.0. The van der Waals surface area contributed by atoms with Gasteiger partial charge in [0, 0.05) is 17.1 Å². The third-order valence-corrected chi connectivity index (χ3v) is 4.17. The summed E-state index contributed by atoms with van der Waals surface area (Å²) in [4.78, 5) is 24.4. The summed E-state index contributed by atoms with van der Waals surface area (Å²) in [6.45, 7) is 1.90. The molecule has 0 aliphatic heterocycles. The molecule has 2 heterocycles. The van der Waals surface area contributed by atoms with E-state index in [0.29, 0.717) is 5.69 Å². The number of aromatic nitrogens is 3. The van der Waals surface area contributed by atoms with E-state index in [1.54, 1.807) is 14.0 Å². The van der Waals surface area contributed by atoms with Gasteiger partial charge in [-0.05, 0) is 31.2 Å². The highest BCUT2D eigenvalue weighted by molar-refractivity contribution is 7.13. The van der Waals surface area contributed by atoms with Crippen molar-refractivity contribution >= 4 is 17.3 Å². The van der Waals surface area contributed by atoms with Crippen LogP contribution in [0.5, 0.6) is 5.75 Å². The van der Waals surface area contributed by atoms with E-state index < -0.39 is 5.97 Å². The van der Waals surface area contributed by atoms with E-state index >= 15 is 0 Å². The first kappa shape index (κ1) is 16.1. The van der Waals surface area contributed by atoms with Gasteiger partial charge in [0.05, 0.1) is 24.7 Å². The van der Waals surface area contributed by atoms with Gasteiger partial charge in [-0.3, -0.25) is 4.98 Å². The van der Waals surface area contributed by atoms with Crippen molar-refractivity contribution in [2.45, 2.75) is 13.5 Å². The van der Waals surface area contributed by atoms with Crippen molar-refractivity contribution in [1.82, 2.24) is 15.0 Å². The number of esters is 1. The molecule has 7 heteroatoms. The lowest BCUT2D eigenvalue weighted by atomic mass is 10.2. The Hall–Kier alpha value is -2.80. The van der Waals surface area contributed by atoms with E-state index in [4.69, 9.17) is 9.47 Å². The summed E-state index contributed by atoms with van der Waals surface area (Å²) >= 11 is 1.49. The topological polar surface area (TPSA) is 74.2 Å². The Bertz CT molecular complexity index is 829. The first-order valence-electron chi connectivity index (χ1n) is 7.20. The summed E-state index contributed by atoms with van der Waals surface area (Å²) in [6.07, 6.45) is 2.93. The molecule has 0 saturated heterocycles. The number of hydrogen-bond donors (Lipinski definition) is 0. The average Bonchev–Trinajstić information content (AvgIpc) is 3.09.